The van der Waals surface area contributed by atoms with Crippen LogP contribution in [0.1, 0.15) is 13.8 Å². The van der Waals surface area contributed by atoms with Gasteiger partial charge in [-0.1, -0.05) is 23.2 Å². The molecule has 6 nitrogen and oxygen atoms in total. The third-order valence-electron chi connectivity index (χ3n) is 3.62. The minimum atomic E-state index is -3.77. The Labute approximate surface area is 169 Å². The van der Waals surface area contributed by atoms with Gasteiger partial charge in [-0.3, -0.25) is 9.10 Å². The molecule has 0 aliphatic rings. The van der Waals surface area contributed by atoms with E-state index >= 15 is 0 Å². The average Bonchev–Trinajstić information content (AvgIpc) is 2.54. The molecule has 0 aromatic heterocycles. The molecule has 0 radical (unpaired) electrons. The summed E-state index contributed by atoms with van der Waals surface area (Å²) < 4.78 is 31.0. The van der Waals surface area contributed by atoms with Gasteiger partial charge in [-0.2, -0.15) is 0 Å². The van der Waals surface area contributed by atoms with Crippen molar-refractivity contribution in [1.29, 1.82) is 0 Å². The molecule has 0 saturated carbocycles. The van der Waals surface area contributed by atoms with Crippen molar-refractivity contribution in [1.82, 2.24) is 0 Å². The summed E-state index contributed by atoms with van der Waals surface area (Å²) in [6, 6.07) is 10.1. The van der Waals surface area contributed by atoms with Crippen LogP contribution in [-0.4, -0.2) is 33.2 Å². The minimum absolute atomic E-state index is 0.212. The van der Waals surface area contributed by atoms with Crippen LogP contribution in [0.3, 0.4) is 0 Å². The monoisotopic (exact) mass is 430 g/mol. The first-order valence-corrected chi connectivity index (χ1v) is 10.7. The smallest absolute Gasteiger partial charge is 0.247 e. The van der Waals surface area contributed by atoms with Crippen molar-refractivity contribution in [3.63, 3.8) is 0 Å². The number of rotatable bonds is 7. The molecule has 2 rings (SSSR count). The Bertz CT molecular complexity index is 897. The molecule has 0 aliphatic carbocycles. The van der Waals surface area contributed by atoms with E-state index in [1.54, 1.807) is 24.3 Å². The van der Waals surface area contributed by atoms with Crippen LogP contribution in [-0.2, 0) is 14.8 Å². The number of carbonyl (C=O) groups excluding carboxylic acids is 1. The molecule has 9 heteroatoms. The van der Waals surface area contributed by atoms with E-state index in [4.69, 9.17) is 27.9 Å². The zero-order valence-corrected chi connectivity index (χ0v) is 17.4. The van der Waals surface area contributed by atoms with Gasteiger partial charge in [0.05, 0.1) is 18.6 Å². The Kier molecular flexibility index (Phi) is 6.97. The van der Waals surface area contributed by atoms with Gasteiger partial charge in [0.25, 0.3) is 0 Å². The van der Waals surface area contributed by atoms with E-state index < -0.39 is 22.0 Å². The second-order valence-corrected chi connectivity index (χ2v) is 8.54. The second-order valence-electron chi connectivity index (χ2n) is 5.81. The predicted octanol–water partition coefficient (Wildman–Crippen LogP) is 4.19. The second kappa shape index (κ2) is 8.82. The standard InChI is InChI=1S/C18H20Cl2N2O4S/c1-4-26-17-7-5-15(6-8-17)21-18(23)12(2)22(27(3,24)25)16-10-13(19)9-14(20)11-16/h5-12H,4H2,1-3H3,(H,21,23)/t12-/m1/s1. The third-order valence-corrected chi connectivity index (χ3v) is 5.30. The first-order chi connectivity index (χ1) is 12.6. The van der Waals surface area contributed by atoms with Crippen LogP contribution in [0.25, 0.3) is 0 Å². The molecular formula is C18H20Cl2N2O4S. The van der Waals surface area contributed by atoms with Gasteiger partial charge in [-0.15, -0.1) is 0 Å². The molecule has 0 bridgehead atoms. The van der Waals surface area contributed by atoms with Gasteiger partial charge in [0.1, 0.15) is 11.8 Å². The lowest BCUT2D eigenvalue weighted by Gasteiger charge is -2.28. The van der Waals surface area contributed by atoms with Crippen LogP contribution in [0.4, 0.5) is 11.4 Å². The molecule has 2 aromatic rings. The van der Waals surface area contributed by atoms with Crippen LogP contribution < -0.4 is 14.4 Å². The van der Waals surface area contributed by atoms with E-state index in [9.17, 15) is 13.2 Å². The quantitative estimate of drug-likeness (QED) is 0.714. The van der Waals surface area contributed by atoms with Crippen molar-refractivity contribution in [2.75, 3.05) is 22.5 Å². The molecule has 0 saturated heterocycles. The predicted molar refractivity (Wildman–Crippen MR) is 109 cm³/mol. The van der Waals surface area contributed by atoms with E-state index in [-0.39, 0.29) is 15.7 Å². The summed E-state index contributed by atoms with van der Waals surface area (Å²) >= 11 is 12.0. The number of benzene rings is 2. The number of hydrogen-bond acceptors (Lipinski definition) is 4. The number of halogens is 2. The molecule has 0 unspecified atom stereocenters. The van der Waals surface area contributed by atoms with Crippen LogP contribution in [0.15, 0.2) is 42.5 Å². The number of ether oxygens (including phenoxy) is 1. The molecule has 0 heterocycles. The Balaban J connectivity index is 2.26. The topological polar surface area (TPSA) is 75.7 Å². The number of sulfonamides is 1. The molecule has 0 aliphatic heterocycles. The van der Waals surface area contributed by atoms with Crippen LogP contribution in [0.5, 0.6) is 5.75 Å². The fourth-order valence-electron chi connectivity index (χ4n) is 2.52. The zero-order valence-electron chi connectivity index (χ0n) is 15.1. The Hall–Kier alpha value is -1.96. The highest BCUT2D eigenvalue weighted by atomic mass is 35.5. The summed E-state index contributed by atoms with van der Waals surface area (Å²) in [5.41, 5.74) is 0.734. The molecule has 1 atom stereocenters. The number of anilines is 2. The first kappa shape index (κ1) is 21.3. The third kappa shape index (κ3) is 5.76. The molecule has 0 fully saturated rings. The van der Waals surface area contributed by atoms with Gasteiger partial charge in [-0.05, 0) is 56.3 Å². The maximum absolute atomic E-state index is 12.6. The molecular weight excluding hydrogens is 411 g/mol. The highest BCUT2D eigenvalue weighted by Crippen LogP contribution is 2.29. The van der Waals surface area contributed by atoms with Crippen LogP contribution in [0.2, 0.25) is 10.0 Å². The normalized spacial score (nSPS) is 12.3. The van der Waals surface area contributed by atoms with Crippen molar-refractivity contribution in [3.05, 3.63) is 52.5 Å². The fraction of sp³-hybridized carbons (Fsp3) is 0.278. The van der Waals surface area contributed by atoms with E-state index in [1.165, 1.54) is 25.1 Å². The van der Waals surface area contributed by atoms with Gasteiger partial charge in [0.2, 0.25) is 15.9 Å². The summed E-state index contributed by atoms with van der Waals surface area (Å²) in [6.45, 7) is 3.90. The summed E-state index contributed by atoms with van der Waals surface area (Å²) in [5.74, 6) is 0.176. The summed E-state index contributed by atoms with van der Waals surface area (Å²) in [5, 5.41) is 3.23. The van der Waals surface area contributed by atoms with Gasteiger partial charge >= 0.3 is 0 Å². The number of hydrogen-bond donors (Lipinski definition) is 1. The average molecular weight is 431 g/mol. The summed E-state index contributed by atoms with van der Waals surface area (Å²) in [4.78, 5) is 12.6. The molecule has 0 spiro atoms. The van der Waals surface area contributed by atoms with Gasteiger partial charge in [0.15, 0.2) is 0 Å². The van der Waals surface area contributed by atoms with Crippen molar-refractivity contribution in [3.8, 4) is 5.75 Å². The van der Waals surface area contributed by atoms with Crippen molar-refractivity contribution in [2.45, 2.75) is 19.9 Å². The van der Waals surface area contributed by atoms with E-state index in [0.29, 0.717) is 18.0 Å². The van der Waals surface area contributed by atoms with Gasteiger partial charge in [-0.25, -0.2) is 8.42 Å². The Morgan fingerprint density at radius 2 is 1.70 bits per heavy atom. The maximum Gasteiger partial charge on any atom is 0.247 e. The summed E-state index contributed by atoms with van der Waals surface area (Å²) in [7, 11) is -3.77. The van der Waals surface area contributed by atoms with Gasteiger partial charge in [0, 0.05) is 15.7 Å². The highest BCUT2D eigenvalue weighted by molar-refractivity contribution is 7.92. The number of carbonyl (C=O) groups is 1. The molecule has 1 amide bonds. The van der Waals surface area contributed by atoms with Gasteiger partial charge < -0.3 is 10.1 Å². The summed E-state index contributed by atoms with van der Waals surface area (Å²) in [6.07, 6.45) is 1.02. The highest BCUT2D eigenvalue weighted by Gasteiger charge is 2.29. The van der Waals surface area contributed by atoms with Crippen molar-refractivity contribution >= 4 is 50.5 Å². The molecule has 27 heavy (non-hydrogen) atoms. The number of nitrogens with zero attached hydrogens (tertiary/aromatic N) is 1. The lowest BCUT2D eigenvalue weighted by molar-refractivity contribution is -0.116. The molecule has 146 valence electrons. The molecule has 1 N–H and O–H groups in total. The maximum atomic E-state index is 12.6. The lowest BCUT2D eigenvalue weighted by atomic mass is 10.2. The van der Waals surface area contributed by atoms with E-state index in [0.717, 1.165) is 10.6 Å². The number of nitrogens with one attached hydrogen (secondary N) is 1. The van der Waals surface area contributed by atoms with Crippen molar-refractivity contribution in [2.24, 2.45) is 0 Å². The van der Waals surface area contributed by atoms with Crippen LogP contribution >= 0.6 is 23.2 Å². The minimum Gasteiger partial charge on any atom is -0.494 e. The Morgan fingerprint density at radius 3 is 2.19 bits per heavy atom. The van der Waals surface area contributed by atoms with E-state index in [2.05, 4.69) is 5.32 Å². The SMILES string of the molecule is CCOc1ccc(NC(=O)[C@@H](C)N(c2cc(Cl)cc(Cl)c2)S(C)(=O)=O)cc1. The van der Waals surface area contributed by atoms with Crippen LogP contribution in [0, 0.1) is 0 Å². The fourth-order valence-corrected chi connectivity index (χ4v) is 4.20. The first-order valence-electron chi connectivity index (χ1n) is 8.11. The number of amides is 1. The van der Waals surface area contributed by atoms with E-state index in [1.807, 2.05) is 6.92 Å². The molecule has 2 aromatic carbocycles. The lowest BCUT2D eigenvalue weighted by Crippen LogP contribution is -2.45. The zero-order chi connectivity index (χ0) is 20.2. The largest absolute Gasteiger partial charge is 0.494 e. The Morgan fingerprint density at radius 1 is 1.15 bits per heavy atom. The van der Waals surface area contributed by atoms with Crippen molar-refractivity contribution < 1.29 is 17.9 Å².